The number of carbonyl (C=O) groups excluding carboxylic acids is 2. The van der Waals surface area contributed by atoms with Crippen LogP contribution in [-0.2, 0) is 12.8 Å². The molecule has 0 bridgehead atoms. The van der Waals surface area contributed by atoms with Crippen LogP contribution >= 0.6 is 23.2 Å². The topological polar surface area (TPSA) is 121 Å². The summed E-state index contributed by atoms with van der Waals surface area (Å²) in [4.78, 5) is 29.1. The summed E-state index contributed by atoms with van der Waals surface area (Å²) in [6, 6.07) is 12.5. The molecule has 1 aliphatic carbocycles. The van der Waals surface area contributed by atoms with Crippen molar-refractivity contribution in [2.75, 3.05) is 12.1 Å². The van der Waals surface area contributed by atoms with E-state index in [1.165, 1.54) is 12.3 Å². The molecule has 2 amide bonds. The van der Waals surface area contributed by atoms with E-state index in [1.807, 2.05) is 24.3 Å². The summed E-state index contributed by atoms with van der Waals surface area (Å²) < 4.78 is 12.6. The Morgan fingerprint density at radius 2 is 1.86 bits per heavy atom. The fourth-order valence-corrected chi connectivity index (χ4v) is 4.85. The van der Waals surface area contributed by atoms with Crippen molar-refractivity contribution in [2.45, 2.75) is 12.8 Å². The van der Waals surface area contributed by atoms with Crippen molar-refractivity contribution in [1.29, 1.82) is 0 Å². The molecule has 0 saturated carbocycles. The maximum atomic E-state index is 12.9. The number of amides is 2. The number of hydrogen-bond acceptors (Lipinski definition) is 6. The number of aryl methyl sites for hydroxylation is 1. The van der Waals surface area contributed by atoms with Crippen LogP contribution in [0.15, 0.2) is 48.7 Å². The number of aromatic nitrogens is 3. The minimum absolute atomic E-state index is 0.0455. The monoisotopic (exact) mass is 521 g/mol. The van der Waals surface area contributed by atoms with Crippen LogP contribution in [0.25, 0.3) is 16.9 Å². The Balaban J connectivity index is 1.45. The molecule has 0 fully saturated rings. The van der Waals surface area contributed by atoms with Crippen LogP contribution < -0.4 is 20.5 Å². The van der Waals surface area contributed by atoms with E-state index in [0.29, 0.717) is 40.7 Å². The van der Waals surface area contributed by atoms with Gasteiger partial charge in [-0.05, 0) is 48.7 Å². The van der Waals surface area contributed by atoms with Crippen molar-refractivity contribution in [2.24, 2.45) is 5.73 Å². The third-order valence-corrected chi connectivity index (χ3v) is 6.64. The van der Waals surface area contributed by atoms with Gasteiger partial charge < -0.3 is 20.5 Å². The number of ether oxygens (including phenoxy) is 2. The Bertz CT molecular complexity index is 1580. The first-order valence-electron chi connectivity index (χ1n) is 11.0. The third kappa shape index (κ3) is 3.73. The normalized spacial score (nSPS) is 13.2. The second-order valence-corrected chi connectivity index (χ2v) is 9.10. The fraction of sp³-hybridized carbons (Fsp3) is 0.120. The number of nitrogens with zero attached hydrogens (tertiary/aromatic N) is 3. The first kappa shape index (κ1) is 22.4. The molecule has 4 aromatic rings. The number of pyridine rings is 1. The van der Waals surface area contributed by atoms with Gasteiger partial charge in [0.25, 0.3) is 11.8 Å². The van der Waals surface area contributed by atoms with Crippen molar-refractivity contribution >= 4 is 40.7 Å². The zero-order chi connectivity index (χ0) is 25.0. The first-order chi connectivity index (χ1) is 17.4. The summed E-state index contributed by atoms with van der Waals surface area (Å²) in [5.41, 5.74) is 10.6. The van der Waals surface area contributed by atoms with Gasteiger partial charge in [-0.15, -0.1) is 0 Å². The molecule has 0 saturated heterocycles. The van der Waals surface area contributed by atoms with Crippen LogP contribution in [0.2, 0.25) is 10.2 Å². The predicted octanol–water partition coefficient (Wildman–Crippen LogP) is 4.42. The lowest BCUT2D eigenvalue weighted by Crippen LogP contribution is -2.16. The maximum Gasteiger partial charge on any atom is 0.269 e. The lowest BCUT2D eigenvalue weighted by Gasteiger charge is -2.20. The molecule has 0 atom stereocenters. The molecule has 0 unspecified atom stereocenters. The molecule has 11 heteroatoms. The Labute approximate surface area is 214 Å². The molecule has 0 radical (unpaired) electrons. The van der Waals surface area contributed by atoms with E-state index in [2.05, 4.69) is 15.4 Å². The van der Waals surface area contributed by atoms with E-state index in [9.17, 15) is 9.59 Å². The maximum absolute atomic E-state index is 12.9. The van der Waals surface area contributed by atoms with E-state index < -0.39 is 11.8 Å². The Kier molecular flexibility index (Phi) is 5.31. The number of primary amides is 1. The highest BCUT2D eigenvalue weighted by atomic mass is 35.5. The van der Waals surface area contributed by atoms with Gasteiger partial charge in [-0.25, -0.2) is 9.67 Å². The number of fused-ring (bicyclic) bond motifs is 4. The smallest absolute Gasteiger partial charge is 0.269 e. The molecule has 36 heavy (non-hydrogen) atoms. The standard InChI is InChI=1S/C25H17Cl2N5O4/c26-13-7-18(23(27)29-10-13)25(34)30-14-3-1-12-2-5-16-21(24(28)33)31-32(22(16)17(12)8-14)15-4-6-19-20(9-15)36-11-35-19/h1,3-4,6-10H,2,5,11H2,(H2,28,33)(H,30,34). The first-order valence-corrected chi connectivity index (χ1v) is 11.7. The highest BCUT2D eigenvalue weighted by Gasteiger charge is 2.29. The highest BCUT2D eigenvalue weighted by Crippen LogP contribution is 2.40. The van der Waals surface area contributed by atoms with Gasteiger partial charge in [0.15, 0.2) is 17.2 Å². The number of hydrogen-bond donors (Lipinski definition) is 2. The summed E-state index contributed by atoms with van der Waals surface area (Å²) in [6.07, 6.45) is 2.66. The highest BCUT2D eigenvalue weighted by molar-refractivity contribution is 6.35. The Morgan fingerprint density at radius 3 is 2.69 bits per heavy atom. The molecule has 2 aromatic heterocycles. The number of nitrogens with two attached hydrogens (primary N) is 1. The van der Waals surface area contributed by atoms with Gasteiger partial charge in [-0.2, -0.15) is 5.10 Å². The molecule has 3 N–H and O–H groups in total. The average Bonchev–Trinajstić information content (AvgIpc) is 3.50. The number of halogens is 2. The Morgan fingerprint density at radius 1 is 1.03 bits per heavy atom. The van der Waals surface area contributed by atoms with E-state index in [-0.39, 0.29) is 23.2 Å². The van der Waals surface area contributed by atoms with Gasteiger partial charge in [-0.3, -0.25) is 9.59 Å². The van der Waals surface area contributed by atoms with E-state index >= 15 is 0 Å². The molecule has 0 spiro atoms. The van der Waals surface area contributed by atoms with Gasteiger partial charge in [0.1, 0.15) is 5.15 Å². The quantitative estimate of drug-likeness (QED) is 0.383. The summed E-state index contributed by atoms with van der Waals surface area (Å²) in [6.45, 7) is 0.139. The minimum Gasteiger partial charge on any atom is -0.454 e. The van der Waals surface area contributed by atoms with Gasteiger partial charge in [0.2, 0.25) is 6.79 Å². The zero-order valence-electron chi connectivity index (χ0n) is 18.5. The molecule has 2 aliphatic rings. The second kappa shape index (κ2) is 8.54. The number of anilines is 1. The summed E-state index contributed by atoms with van der Waals surface area (Å²) in [5.74, 6) is 0.158. The van der Waals surface area contributed by atoms with Gasteiger partial charge in [-0.1, -0.05) is 29.3 Å². The lowest BCUT2D eigenvalue weighted by molar-refractivity contribution is 0.0992. The van der Waals surface area contributed by atoms with Crippen LogP contribution in [0.3, 0.4) is 0 Å². The van der Waals surface area contributed by atoms with Crippen LogP contribution in [0.5, 0.6) is 11.5 Å². The van der Waals surface area contributed by atoms with Crippen molar-refractivity contribution in [1.82, 2.24) is 14.8 Å². The summed E-state index contributed by atoms with van der Waals surface area (Å²) in [7, 11) is 0. The van der Waals surface area contributed by atoms with E-state index in [0.717, 1.165) is 22.4 Å². The molecule has 6 rings (SSSR count). The molecular weight excluding hydrogens is 505 g/mol. The zero-order valence-corrected chi connectivity index (χ0v) is 20.1. The van der Waals surface area contributed by atoms with Crippen LogP contribution in [0, 0.1) is 0 Å². The van der Waals surface area contributed by atoms with Gasteiger partial charge in [0, 0.05) is 29.1 Å². The van der Waals surface area contributed by atoms with Crippen LogP contribution in [-0.4, -0.2) is 33.4 Å². The van der Waals surface area contributed by atoms with Crippen molar-refractivity contribution in [3.8, 4) is 28.4 Å². The SMILES string of the molecule is NC(=O)c1nn(-c2ccc3c(c2)OCO3)c2c1CCc1ccc(NC(=O)c3cc(Cl)cnc3Cl)cc1-2. The summed E-state index contributed by atoms with van der Waals surface area (Å²) in [5, 5.41) is 7.76. The van der Waals surface area contributed by atoms with Gasteiger partial charge in [0.05, 0.1) is 22.0 Å². The number of rotatable bonds is 4. The molecule has 180 valence electrons. The fourth-order valence-electron chi connectivity index (χ4n) is 4.50. The number of benzene rings is 2. The predicted molar refractivity (Wildman–Crippen MR) is 133 cm³/mol. The van der Waals surface area contributed by atoms with Crippen molar-refractivity contribution in [3.63, 3.8) is 0 Å². The van der Waals surface area contributed by atoms with Crippen LogP contribution in [0.4, 0.5) is 5.69 Å². The largest absolute Gasteiger partial charge is 0.454 e. The Hall–Kier alpha value is -4.08. The third-order valence-electron chi connectivity index (χ3n) is 6.14. The average molecular weight is 522 g/mol. The number of nitrogens with one attached hydrogen (secondary N) is 1. The molecular formula is C25H17Cl2N5O4. The second-order valence-electron chi connectivity index (χ2n) is 8.31. The molecule has 3 heterocycles. The van der Waals surface area contributed by atoms with Crippen molar-refractivity contribution in [3.05, 3.63) is 81.2 Å². The number of carbonyl (C=O) groups is 2. The van der Waals surface area contributed by atoms with Crippen LogP contribution in [0.1, 0.15) is 32.0 Å². The van der Waals surface area contributed by atoms with E-state index in [1.54, 1.807) is 16.8 Å². The minimum atomic E-state index is -0.609. The molecule has 9 nitrogen and oxygen atoms in total. The summed E-state index contributed by atoms with van der Waals surface area (Å²) >= 11 is 12.1. The van der Waals surface area contributed by atoms with Gasteiger partial charge >= 0.3 is 0 Å². The molecule has 2 aromatic carbocycles. The molecule has 1 aliphatic heterocycles. The lowest BCUT2D eigenvalue weighted by atomic mass is 9.88. The van der Waals surface area contributed by atoms with Crippen molar-refractivity contribution < 1.29 is 19.1 Å². The van der Waals surface area contributed by atoms with E-state index in [4.69, 9.17) is 38.4 Å².